The lowest BCUT2D eigenvalue weighted by Gasteiger charge is -2.44. The fraction of sp³-hybridized carbons (Fsp3) is 0.517. The summed E-state index contributed by atoms with van der Waals surface area (Å²) in [6, 6.07) is 7.35. The lowest BCUT2D eigenvalue weighted by molar-refractivity contribution is -0.348. The van der Waals surface area contributed by atoms with Crippen LogP contribution in [-0.4, -0.2) is 60.9 Å². The maximum absolute atomic E-state index is 15.0. The van der Waals surface area contributed by atoms with Crippen LogP contribution in [0.15, 0.2) is 53.4 Å². The Hall–Kier alpha value is -3.23. The summed E-state index contributed by atoms with van der Waals surface area (Å²) in [6.07, 6.45) is -14.5. The van der Waals surface area contributed by atoms with Crippen molar-refractivity contribution in [1.29, 1.82) is 0 Å². The van der Waals surface area contributed by atoms with Crippen LogP contribution in [0, 0.1) is 5.92 Å². The molecule has 5 rings (SSSR count). The molecule has 2 aliphatic carbocycles. The molecule has 1 heterocycles. The van der Waals surface area contributed by atoms with E-state index >= 15 is 0 Å². The zero-order valence-corrected chi connectivity index (χ0v) is 23.7. The Morgan fingerprint density at radius 1 is 0.864 bits per heavy atom. The number of rotatable bonds is 5. The smallest absolute Gasteiger partial charge is 0.435 e. The number of amides is 1. The van der Waals surface area contributed by atoms with E-state index < -0.39 is 80.5 Å². The van der Waals surface area contributed by atoms with Crippen molar-refractivity contribution < 1.29 is 58.2 Å². The molecule has 0 unspecified atom stereocenters. The highest BCUT2D eigenvalue weighted by molar-refractivity contribution is 7.92. The second-order valence-electron chi connectivity index (χ2n) is 11.6. The molecule has 15 heteroatoms. The number of hydrogen-bond acceptors (Lipinski definition) is 4. The molecule has 2 atom stereocenters. The third-order valence-electron chi connectivity index (χ3n) is 9.39. The summed E-state index contributed by atoms with van der Waals surface area (Å²) in [5.74, 6) is -3.00. The Morgan fingerprint density at radius 3 is 2.00 bits per heavy atom. The molecule has 2 fully saturated rings. The van der Waals surface area contributed by atoms with E-state index in [0.717, 1.165) is 6.07 Å². The van der Waals surface area contributed by atoms with Gasteiger partial charge in [-0.05, 0) is 68.2 Å². The highest BCUT2D eigenvalue weighted by Crippen LogP contribution is 2.57. The normalized spacial score (nSPS) is 27.9. The molecule has 1 amide bonds. The zero-order chi connectivity index (χ0) is 32.5. The van der Waals surface area contributed by atoms with E-state index in [1.165, 1.54) is 29.2 Å². The Balaban J connectivity index is 1.61. The van der Waals surface area contributed by atoms with Gasteiger partial charge in [0, 0.05) is 18.0 Å². The minimum Gasteiger partial charge on any atom is -0.479 e. The number of carbonyl (C=O) groups is 2. The molecule has 240 valence electrons. The van der Waals surface area contributed by atoms with E-state index in [1.807, 2.05) is 0 Å². The number of carboxylic acids is 1. The molecule has 0 aromatic heterocycles. The third kappa shape index (κ3) is 4.59. The second kappa shape index (κ2) is 10.4. The van der Waals surface area contributed by atoms with Crippen LogP contribution in [0.3, 0.4) is 0 Å². The van der Waals surface area contributed by atoms with Crippen molar-refractivity contribution in [3.63, 3.8) is 0 Å². The summed E-state index contributed by atoms with van der Waals surface area (Å²) >= 11 is 0. The van der Waals surface area contributed by atoms with Crippen LogP contribution in [-0.2, 0) is 36.3 Å². The average molecular weight is 654 g/mol. The molecule has 44 heavy (non-hydrogen) atoms. The van der Waals surface area contributed by atoms with Gasteiger partial charge in [-0.15, -0.1) is 0 Å². The van der Waals surface area contributed by atoms with Gasteiger partial charge in [-0.25, -0.2) is 22.0 Å². The summed E-state index contributed by atoms with van der Waals surface area (Å²) in [6.45, 7) is -0.148. The Labute approximate surface area is 247 Å². The fourth-order valence-electron chi connectivity index (χ4n) is 7.07. The number of halogens is 8. The van der Waals surface area contributed by atoms with Gasteiger partial charge in [0.25, 0.3) is 0 Å². The third-order valence-corrected chi connectivity index (χ3v) is 11.9. The SMILES string of the molecule is O=C(C1CCC(F)(C(=O)O)CC1)N1CC[C@]2(S(=O)(=O)c3ccccc3)c3ccc(C(F)(C(F)(F)F)C(F)(F)F)cc3CC[C@H]12. The zero-order valence-electron chi connectivity index (χ0n) is 22.9. The number of hydrogen-bond donors (Lipinski definition) is 1. The maximum Gasteiger partial charge on any atom is 0.435 e. The first-order valence-electron chi connectivity index (χ1n) is 13.8. The van der Waals surface area contributed by atoms with Crippen molar-refractivity contribution in [3.05, 3.63) is 65.2 Å². The van der Waals surface area contributed by atoms with Gasteiger partial charge in [-0.1, -0.05) is 36.4 Å². The van der Waals surface area contributed by atoms with Crippen LogP contribution in [0.2, 0.25) is 0 Å². The van der Waals surface area contributed by atoms with Crippen LogP contribution < -0.4 is 0 Å². The lowest BCUT2D eigenvalue weighted by Crippen LogP contribution is -2.54. The first-order valence-corrected chi connectivity index (χ1v) is 15.3. The molecule has 0 bridgehead atoms. The molecule has 2 aromatic rings. The van der Waals surface area contributed by atoms with E-state index in [-0.39, 0.29) is 54.7 Å². The first-order chi connectivity index (χ1) is 20.3. The molecule has 0 spiro atoms. The van der Waals surface area contributed by atoms with Crippen molar-refractivity contribution in [1.82, 2.24) is 4.90 Å². The highest BCUT2D eigenvalue weighted by Gasteiger charge is 2.74. The van der Waals surface area contributed by atoms with Gasteiger partial charge >= 0.3 is 24.0 Å². The van der Waals surface area contributed by atoms with Gasteiger partial charge < -0.3 is 10.0 Å². The topological polar surface area (TPSA) is 91.8 Å². The summed E-state index contributed by atoms with van der Waals surface area (Å²) < 4.78 is 138. The molecule has 1 N–H and O–H groups in total. The van der Waals surface area contributed by atoms with E-state index in [0.29, 0.717) is 12.1 Å². The fourth-order valence-corrected chi connectivity index (χ4v) is 9.46. The van der Waals surface area contributed by atoms with Crippen molar-refractivity contribution in [2.75, 3.05) is 6.54 Å². The maximum atomic E-state index is 15.0. The summed E-state index contributed by atoms with van der Waals surface area (Å²) in [7, 11) is -4.48. The summed E-state index contributed by atoms with van der Waals surface area (Å²) in [5, 5.41) is 9.19. The van der Waals surface area contributed by atoms with Crippen molar-refractivity contribution in [2.24, 2.45) is 5.92 Å². The molecule has 1 aliphatic heterocycles. The van der Waals surface area contributed by atoms with Gasteiger partial charge in [0.15, 0.2) is 9.84 Å². The monoisotopic (exact) mass is 653 g/mol. The molecule has 1 saturated heterocycles. The van der Waals surface area contributed by atoms with E-state index in [1.54, 1.807) is 6.07 Å². The van der Waals surface area contributed by atoms with Crippen molar-refractivity contribution in [2.45, 2.75) is 84.3 Å². The van der Waals surface area contributed by atoms with Gasteiger partial charge in [-0.3, -0.25) is 4.79 Å². The van der Waals surface area contributed by atoms with Crippen LogP contribution in [0.25, 0.3) is 0 Å². The predicted molar refractivity (Wildman–Crippen MR) is 139 cm³/mol. The number of alkyl halides is 8. The van der Waals surface area contributed by atoms with E-state index in [4.69, 9.17) is 0 Å². The second-order valence-corrected chi connectivity index (χ2v) is 13.8. The molecule has 0 radical (unpaired) electrons. The minimum atomic E-state index is -6.36. The van der Waals surface area contributed by atoms with E-state index in [9.17, 15) is 58.2 Å². The number of aryl methyl sites for hydroxylation is 1. The van der Waals surface area contributed by atoms with Crippen LogP contribution in [0.4, 0.5) is 35.1 Å². The van der Waals surface area contributed by atoms with Crippen molar-refractivity contribution >= 4 is 21.7 Å². The number of benzene rings is 2. The van der Waals surface area contributed by atoms with Crippen LogP contribution >= 0.6 is 0 Å². The Morgan fingerprint density at radius 2 is 1.45 bits per heavy atom. The lowest BCUT2D eigenvalue weighted by atomic mass is 9.76. The number of carbonyl (C=O) groups excluding carboxylic acids is 1. The quantitative estimate of drug-likeness (QED) is 0.390. The number of carboxylic acid groups (broad SMARTS) is 1. The van der Waals surface area contributed by atoms with Gasteiger partial charge in [0.1, 0.15) is 4.75 Å². The van der Waals surface area contributed by atoms with Crippen molar-refractivity contribution in [3.8, 4) is 0 Å². The largest absolute Gasteiger partial charge is 0.479 e. The molecule has 6 nitrogen and oxygen atoms in total. The number of nitrogens with zero attached hydrogens (tertiary/aromatic N) is 1. The number of likely N-dealkylation sites (tertiary alicyclic amines) is 1. The molecular formula is C29H27F8NO5S. The van der Waals surface area contributed by atoms with Gasteiger partial charge in [0.2, 0.25) is 11.6 Å². The molecule has 3 aliphatic rings. The predicted octanol–water partition coefficient (Wildman–Crippen LogP) is 6.18. The Bertz CT molecular complexity index is 1550. The number of fused-ring (bicyclic) bond motifs is 3. The van der Waals surface area contributed by atoms with Gasteiger partial charge in [-0.2, -0.15) is 26.3 Å². The van der Waals surface area contributed by atoms with E-state index in [2.05, 4.69) is 0 Å². The van der Waals surface area contributed by atoms with Gasteiger partial charge in [0.05, 0.1) is 10.9 Å². The molecular weight excluding hydrogens is 626 g/mol. The molecule has 2 aromatic carbocycles. The summed E-state index contributed by atoms with van der Waals surface area (Å²) in [5.41, 5.74) is -10.3. The Kier molecular flexibility index (Phi) is 7.61. The standard InChI is InChI=1S/C29H27F8NO5S/c30-25(24(40)41)12-10-17(11-13-25)23(39)38-15-14-26(44(42,43)20-4-2-1-3-5-20)21-8-7-19(16-18(21)6-9-22(26)38)27(31,28(32,33)34)29(35,36)37/h1-5,7-8,16-17,22H,6,9-15H2,(H,40,41)/t17?,22-,25?,26-/m0/s1. The van der Waals surface area contributed by atoms with Crippen LogP contribution in [0.1, 0.15) is 55.2 Å². The number of sulfone groups is 1. The summed E-state index contributed by atoms with van der Waals surface area (Å²) in [4.78, 5) is 26.1. The minimum absolute atomic E-state index is 0.114. The molecule has 1 saturated carbocycles. The first kappa shape index (κ1) is 32.2. The van der Waals surface area contributed by atoms with Crippen LogP contribution in [0.5, 0.6) is 0 Å². The highest BCUT2D eigenvalue weighted by atomic mass is 32.2. The number of aliphatic carboxylic acids is 1. The average Bonchev–Trinajstić information content (AvgIpc) is 3.37.